The number of nitrogens with zero attached hydrogens (tertiary/aromatic N) is 2. The predicted octanol–water partition coefficient (Wildman–Crippen LogP) is 1.25. The van der Waals surface area contributed by atoms with Crippen molar-refractivity contribution in [3.05, 3.63) is 0 Å². The smallest absolute Gasteiger partial charge is 0.323 e. The Hall–Kier alpha value is -0.650. The quantitative estimate of drug-likeness (QED) is 0.703. The monoisotopic (exact) mass is 285 g/mol. The Morgan fingerprint density at radius 1 is 1.35 bits per heavy atom. The number of hydrogen-bond acceptors (Lipinski definition) is 4. The van der Waals surface area contributed by atoms with Crippen molar-refractivity contribution in [1.82, 2.24) is 15.1 Å². The van der Waals surface area contributed by atoms with E-state index in [1.807, 2.05) is 0 Å². The molecule has 0 radical (unpaired) electrons. The molecule has 2 atom stereocenters. The zero-order chi connectivity index (χ0) is 15.2. The fraction of sp³-hybridized carbons (Fsp3) is 0.933. The van der Waals surface area contributed by atoms with Crippen molar-refractivity contribution in [3.63, 3.8) is 0 Å². The summed E-state index contributed by atoms with van der Waals surface area (Å²) in [5, 5.41) is 12.1. The highest BCUT2D eigenvalue weighted by atomic mass is 16.4. The number of aliphatic carboxylic acids is 1. The normalized spacial score (nSPS) is 22.4. The highest BCUT2D eigenvalue weighted by Crippen LogP contribution is 2.14. The van der Waals surface area contributed by atoms with E-state index in [4.69, 9.17) is 0 Å². The SMILES string of the molecule is CCC(C)N1CCN(CCCC(C)(NC)C(=O)O)CC1. The van der Waals surface area contributed by atoms with E-state index in [1.54, 1.807) is 14.0 Å². The Bertz CT molecular complexity index is 303. The van der Waals surface area contributed by atoms with Gasteiger partial charge >= 0.3 is 5.97 Å². The van der Waals surface area contributed by atoms with Gasteiger partial charge in [-0.05, 0) is 46.7 Å². The van der Waals surface area contributed by atoms with Crippen LogP contribution in [0.3, 0.4) is 0 Å². The maximum absolute atomic E-state index is 11.2. The van der Waals surface area contributed by atoms with Crippen molar-refractivity contribution in [2.75, 3.05) is 39.8 Å². The summed E-state index contributed by atoms with van der Waals surface area (Å²) >= 11 is 0. The van der Waals surface area contributed by atoms with Crippen LogP contribution in [0.25, 0.3) is 0 Å². The fourth-order valence-corrected chi connectivity index (χ4v) is 2.68. The van der Waals surface area contributed by atoms with E-state index in [0.29, 0.717) is 12.5 Å². The minimum Gasteiger partial charge on any atom is -0.480 e. The standard InChI is InChI=1S/C15H31N3O2/c1-5-13(2)18-11-9-17(10-12-18)8-6-7-15(3,16-4)14(19)20/h13,16H,5-12H2,1-4H3,(H,19,20). The zero-order valence-corrected chi connectivity index (χ0v) is 13.5. The number of nitrogens with one attached hydrogen (secondary N) is 1. The van der Waals surface area contributed by atoms with Gasteiger partial charge in [0.15, 0.2) is 0 Å². The van der Waals surface area contributed by atoms with Crippen LogP contribution >= 0.6 is 0 Å². The molecule has 2 N–H and O–H groups in total. The van der Waals surface area contributed by atoms with Crippen molar-refractivity contribution in [2.45, 2.75) is 51.6 Å². The van der Waals surface area contributed by atoms with Gasteiger partial charge in [0.05, 0.1) is 0 Å². The first-order valence-electron chi connectivity index (χ1n) is 7.81. The first kappa shape index (κ1) is 17.4. The molecule has 1 heterocycles. The summed E-state index contributed by atoms with van der Waals surface area (Å²) in [4.78, 5) is 16.2. The molecule has 5 nitrogen and oxygen atoms in total. The molecule has 1 aliphatic heterocycles. The Morgan fingerprint density at radius 2 is 1.95 bits per heavy atom. The van der Waals surface area contributed by atoms with E-state index in [0.717, 1.165) is 39.1 Å². The predicted molar refractivity (Wildman–Crippen MR) is 82.1 cm³/mol. The molecule has 0 aromatic rings. The molecule has 5 heteroatoms. The maximum Gasteiger partial charge on any atom is 0.323 e. The van der Waals surface area contributed by atoms with Crippen LogP contribution in [0, 0.1) is 0 Å². The summed E-state index contributed by atoms with van der Waals surface area (Å²) in [5.74, 6) is -0.762. The average Bonchev–Trinajstić information content (AvgIpc) is 2.46. The topological polar surface area (TPSA) is 55.8 Å². The highest BCUT2D eigenvalue weighted by molar-refractivity contribution is 5.78. The van der Waals surface area contributed by atoms with Crippen LogP contribution in [0.5, 0.6) is 0 Å². The molecule has 118 valence electrons. The molecule has 2 unspecified atom stereocenters. The summed E-state index contributed by atoms with van der Waals surface area (Å²) in [6.07, 6.45) is 2.80. The summed E-state index contributed by atoms with van der Waals surface area (Å²) in [6.45, 7) is 11.8. The van der Waals surface area contributed by atoms with Gasteiger partial charge in [-0.3, -0.25) is 9.69 Å². The number of carbonyl (C=O) groups is 1. The van der Waals surface area contributed by atoms with Crippen molar-refractivity contribution < 1.29 is 9.90 Å². The fourth-order valence-electron chi connectivity index (χ4n) is 2.68. The Morgan fingerprint density at radius 3 is 2.40 bits per heavy atom. The summed E-state index contributed by atoms with van der Waals surface area (Å²) in [6, 6.07) is 0.678. The first-order chi connectivity index (χ1) is 9.42. The molecular weight excluding hydrogens is 254 g/mol. The highest BCUT2D eigenvalue weighted by Gasteiger charge is 2.30. The van der Waals surface area contributed by atoms with Crippen molar-refractivity contribution >= 4 is 5.97 Å². The van der Waals surface area contributed by atoms with Crippen LogP contribution in [-0.2, 0) is 4.79 Å². The van der Waals surface area contributed by atoms with Crippen molar-refractivity contribution in [3.8, 4) is 0 Å². The second-order valence-corrected chi connectivity index (χ2v) is 6.13. The second kappa shape index (κ2) is 7.96. The van der Waals surface area contributed by atoms with Gasteiger partial charge in [0.2, 0.25) is 0 Å². The van der Waals surface area contributed by atoms with Crippen LogP contribution in [0.2, 0.25) is 0 Å². The minimum absolute atomic E-state index is 0.671. The lowest BCUT2D eigenvalue weighted by Crippen LogP contribution is -2.50. The van der Waals surface area contributed by atoms with E-state index in [2.05, 4.69) is 29.0 Å². The Labute approximate surface area is 123 Å². The molecular formula is C15H31N3O2. The molecule has 0 aliphatic carbocycles. The summed E-state index contributed by atoms with van der Waals surface area (Å²) in [5.41, 5.74) is -0.793. The molecule has 20 heavy (non-hydrogen) atoms. The molecule has 0 aromatic carbocycles. The molecule has 1 rings (SSSR count). The molecule has 1 aliphatic rings. The van der Waals surface area contributed by atoms with Gasteiger partial charge in [0.1, 0.15) is 5.54 Å². The van der Waals surface area contributed by atoms with E-state index in [1.165, 1.54) is 6.42 Å². The largest absolute Gasteiger partial charge is 0.480 e. The van der Waals surface area contributed by atoms with Gasteiger partial charge in [-0.2, -0.15) is 0 Å². The summed E-state index contributed by atoms with van der Waals surface area (Å²) in [7, 11) is 1.72. The third-order valence-corrected chi connectivity index (χ3v) is 4.80. The lowest BCUT2D eigenvalue weighted by molar-refractivity contribution is -0.144. The van der Waals surface area contributed by atoms with Gasteiger partial charge < -0.3 is 15.3 Å². The number of likely N-dealkylation sites (N-methyl/N-ethyl adjacent to an activating group) is 1. The van der Waals surface area contributed by atoms with Crippen LogP contribution in [0.1, 0.15) is 40.0 Å². The average molecular weight is 285 g/mol. The summed E-state index contributed by atoms with van der Waals surface area (Å²) < 4.78 is 0. The third-order valence-electron chi connectivity index (χ3n) is 4.80. The van der Waals surface area contributed by atoms with Gasteiger partial charge in [-0.1, -0.05) is 6.92 Å². The molecule has 0 aromatic heterocycles. The lowest BCUT2D eigenvalue weighted by atomic mass is 9.96. The number of rotatable bonds is 8. The molecule has 0 saturated carbocycles. The van der Waals surface area contributed by atoms with E-state index < -0.39 is 11.5 Å². The van der Waals surface area contributed by atoms with Gasteiger partial charge in [-0.25, -0.2) is 0 Å². The second-order valence-electron chi connectivity index (χ2n) is 6.13. The van der Waals surface area contributed by atoms with Crippen LogP contribution < -0.4 is 5.32 Å². The van der Waals surface area contributed by atoms with Crippen LogP contribution in [0.15, 0.2) is 0 Å². The Kier molecular flexibility index (Phi) is 6.92. The number of carboxylic acids is 1. The molecule has 1 fully saturated rings. The molecule has 0 bridgehead atoms. The maximum atomic E-state index is 11.2. The van der Waals surface area contributed by atoms with E-state index in [-0.39, 0.29) is 0 Å². The van der Waals surface area contributed by atoms with Crippen LogP contribution in [0.4, 0.5) is 0 Å². The van der Waals surface area contributed by atoms with Gasteiger partial charge in [0, 0.05) is 32.2 Å². The molecule has 0 amide bonds. The third kappa shape index (κ3) is 4.72. The number of carboxylic acid groups (broad SMARTS) is 1. The molecule has 0 spiro atoms. The Balaban J connectivity index is 2.26. The van der Waals surface area contributed by atoms with Crippen molar-refractivity contribution in [1.29, 1.82) is 0 Å². The first-order valence-corrected chi connectivity index (χ1v) is 7.81. The van der Waals surface area contributed by atoms with Gasteiger partial charge in [0.25, 0.3) is 0 Å². The minimum atomic E-state index is -0.793. The van der Waals surface area contributed by atoms with E-state index >= 15 is 0 Å². The van der Waals surface area contributed by atoms with Gasteiger partial charge in [-0.15, -0.1) is 0 Å². The van der Waals surface area contributed by atoms with Crippen LogP contribution in [-0.4, -0.2) is 72.2 Å². The lowest BCUT2D eigenvalue weighted by Gasteiger charge is -2.38. The van der Waals surface area contributed by atoms with E-state index in [9.17, 15) is 9.90 Å². The molecule has 1 saturated heterocycles. The zero-order valence-electron chi connectivity index (χ0n) is 13.5. The number of piperazine rings is 1. The number of hydrogen-bond donors (Lipinski definition) is 2. The van der Waals surface area contributed by atoms with Crippen molar-refractivity contribution in [2.24, 2.45) is 0 Å².